The number of aryl methyl sites for hydroxylation is 1. The van der Waals surface area contributed by atoms with Crippen molar-refractivity contribution in [2.24, 2.45) is 0 Å². The van der Waals surface area contributed by atoms with E-state index in [0.29, 0.717) is 24.4 Å². The maximum absolute atomic E-state index is 13.3. The Morgan fingerprint density at radius 2 is 2.28 bits per heavy atom. The number of carboxylic acid groups (broad SMARTS) is 1. The van der Waals surface area contributed by atoms with E-state index in [1.807, 2.05) is 0 Å². The van der Waals surface area contributed by atoms with E-state index in [1.165, 1.54) is 6.20 Å². The van der Waals surface area contributed by atoms with Crippen molar-refractivity contribution in [3.63, 3.8) is 0 Å². The molecule has 6 heteroatoms. The van der Waals surface area contributed by atoms with Gasteiger partial charge in [-0.2, -0.15) is 0 Å². The number of carboxylic acids is 1. The zero-order valence-electron chi connectivity index (χ0n) is 9.99. The van der Waals surface area contributed by atoms with Gasteiger partial charge < -0.3 is 5.11 Å². The number of rotatable bonds is 2. The Balaban J connectivity index is 2.24. The van der Waals surface area contributed by atoms with Gasteiger partial charge in [-0.25, -0.2) is 23.5 Å². The van der Waals surface area contributed by atoms with Crippen LogP contribution in [0.3, 0.4) is 0 Å². The number of aromatic nitrogens is 2. The summed E-state index contributed by atoms with van der Waals surface area (Å²) in [6, 6.07) is 0. The summed E-state index contributed by atoms with van der Waals surface area (Å²) >= 11 is 0. The van der Waals surface area contributed by atoms with Crippen molar-refractivity contribution < 1.29 is 18.7 Å². The fraction of sp³-hybridized carbons (Fsp3) is 0.583. The summed E-state index contributed by atoms with van der Waals surface area (Å²) in [5.74, 6) is -3.81. The molecule has 1 aliphatic carbocycles. The molecule has 0 radical (unpaired) electrons. The molecule has 1 N–H and O–H groups in total. The molecule has 1 atom stereocenters. The second-order valence-electron chi connectivity index (χ2n) is 4.68. The fourth-order valence-electron chi connectivity index (χ4n) is 2.28. The van der Waals surface area contributed by atoms with Crippen molar-refractivity contribution in [1.29, 1.82) is 0 Å². The van der Waals surface area contributed by atoms with Crippen LogP contribution in [-0.4, -0.2) is 27.0 Å². The van der Waals surface area contributed by atoms with Crippen molar-refractivity contribution in [2.45, 2.75) is 44.4 Å². The van der Waals surface area contributed by atoms with Crippen molar-refractivity contribution >= 4 is 5.97 Å². The van der Waals surface area contributed by atoms with E-state index >= 15 is 0 Å². The molecule has 1 aliphatic rings. The lowest BCUT2D eigenvalue weighted by Crippen LogP contribution is -2.26. The van der Waals surface area contributed by atoms with Crippen LogP contribution in [0.25, 0.3) is 0 Å². The number of nitrogens with zero attached hydrogens (tertiary/aromatic N) is 2. The molecule has 0 bridgehead atoms. The molecule has 2 rings (SSSR count). The van der Waals surface area contributed by atoms with Gasteiger partial charge in [0.1, 0.15) is 5.82 Å². The largest absolute Gasteiger partial charge is 0.478 e. The molecular formula is C12H14F2N2O2. The van der Waals surface area contributed by atoms with Gasteiger partial charge >= 0.3 is 5.97 Å². The summed E-state index contributed by atoms with van der Waals surface area (Å²) in [5, 5.41) is 8.85. The second kappa shape index (κ2) is 4.59. The monoisotopic (exact) mass is 256 g/mol. The molecule has 1 fully saturated rings. The normalized spacial score (nSPS) is 22.7. The van der Waals surface area contributed by atoms with Gasteiger partial charge in [0.05, 0.1) is 11.3 Å². The van der Waals surface area contributed by atoms with Gasteiger partial charge in [0.15, 0.2) is 0 Å². The van der Waals surface area contributed by atoms with Crippen LogP contribution in [-0.2, 0) is 0 Å². The number of alkyl halides is 2. The van der Waals surface area contributed by atoms with Gasteiger partial charge in [0, 0.05) is 25.0 Å². The minimum absolute atomic E-state index is 0.0151. The predicted octanol–water partition coefficient (Wildman–Crippen LogP) is 2.78. The van der Waals surface area contributed by atoms with E-state index in [1.54, 1.807) is 6.92 Å². The van der Waals surface area contributed by atoms with Crippen LogP contribution in [0.4, 0.5) is 8.78 Å². The van der Waals surface area contributed by atoms with Crippen LogP contribution < -0.4 is 0 Å². The molecule has 1 unspecified atom stereocenters. The van der Waals surface area contributed by atoms with Gasteiger partial charge in [0.25, 0.3) is 0 Å². The maximum atomic E-state index is 13.3. The Morgan fingerprint density at radius 1 is 1.56 bits per heavy atom. The second-order valence-corrected chi connectivity index (χ2v) is 4.68. The van der Waals surface area contributed by atoms with Crippen LogP contribution >= 0.6 is 0 Å². The van der Waals surface area contributed by atoms with Crippen molar-refractivity contribution in [3.8, 4) is 0 Å². The van der Waals surface area contributed by atoms with E-state index < -0.39 is 11.9 Å². The molecule has 4 nitrogen and oxygen atoms in total. The third-order valence-corrected chi connectivity index (χ3v) is 3.23. The first-order valence-electron chi connectivity index (χ1n) is 5.84. The highest BCUT2D eigenvalue weighted by Gasteiger charge is 2.38. The summed E-state index contributed by atoms with van der Waals surface area (Å²) in [5.41, 5.74) is 0.336. The van der Waals surface area contributed by atoms with E-state index in [4.69, 9.17) is 5.11 Å². The Morgan fingerprint density at radius 3 is 2.83 bits per heavy atom. The summed E-state index contributed by atoms with van der Waals surface area (Å²) in [6.07, 6.45) is 1.93. The van der Waals surface area contributed by atoms with Crippen LogP contribution in [0.2, 0.25) is 0 Å². The van der Waals surface area contributed by atoms with Gasteiger partial charge in [-0.1, -0.05) is 0 Å². The topological polar surface area (TPSA) is 63.1 Å². The molecule has 0 amide bonds. The number of halogens is 2. The lowest BCUT2D eigenvalue weighted by atomic mass is 9.86. The third-order valence-electron chi connectivity index (χ3n) is 3.23. The lowest BCUT2D eigenvalue weighted by molar-refractivity contribution is -0.0417. The van der Waals surface area contributed by atoms with Crippen molar-refractivity contribution in [3.05, 3.63) is 23.3 Å². The van der Waals surface area contributed by atoms with Gasteiger partial charge in [0.2, 0.25) is 5.92 Å². The van der Waals surface area contributed by atoms with Crippen LogP contribution in [0.1, 0.15) is 53.5 Å². The molecule has 1 aromatic heterocycles. The first-order valence-corrected chi connectivity index (χ1v) is 5.84. The number of hydrogen-bond donors (Lipinski definition) is 1. The van der Waals surface area contributed by atoms with E-state index in [2.05, 4.69) is 9.97 Å². The summed E-state index contributed by atoms with van der Waals surface area (Å²) in [4.78, 5) is 18.8. The van der Waals surface area contributed by atoms with Crippen molar-refractivity contribution in [2.75, 3.05) is 0 Å². The average Bonchev–Trinajstić information content (AvgIpc) is 2.27. The zero-order valence-corrected chi connectivity index (χ0v) is 9.99. The number of carbonyl (C=O) groups is 1. The number of hydrogen-bond acceptors (Lipinski definition) is 3. The Kier molecular flexibility index (Phi) is 3.28. The van der Waals surface area contributed by atoms with Crippen molar-refractivity contribution in [1.82, 2.24) is 9.97 Å². The summed E-state index contributed by atoms with van der Waals surface area (Å²) in [6.45, 7) is 1.55. The van der Waals surface area contributed by atoms with Gasteiger partial charge in [-0.15, -0.1) is 0 Å². The Labute approximate surface area is 103 Å². The Hall–Kier alpha value is -1.59. The quantitative estimate of drug-likeness (QED) is 0.883. The standard InChI is InChI=1S/C12H14F2N2O2/c1-7-9(11(17)18)6-15-10(16-7)8-3-2-4-12(13,14)5-8/h6,8H,2-5H2,1H3,(H,17,18). The smallest absolute Gasteiger partial charge is 0.339 e. The van der Waals surface area contributed by atoms with Crippen LogP contribution in [0.5, 0.6) is 0 Å². The fourth-order valence-corrected chi connectivity index (χ4v) is 2.28. The van der Waals surface area contributed by atoms with Gasteiger partial charge in [-0.05, 0) is 19.8 Å². The van der Waals surface area contributed by atoms with E-state index in [0.717, 1.165) is 0 Å². The molecular weight excluding hydrogens is 242 g/mol. The molecule has 0 spiro atoms. The molecule has 1 saturated carbocycles. The summed E-state index contributed by atoms with van der Waals surface area (Å²) in [7, 11) is 0. The SMILES string of the molecule is Cc1nc(C2CCCC(F)(F)C2)ncc1C(=O)O. The molecule has 0 aromatic carbocycles. The average molecular weight is 256 g/mol. The molecule has 18 heavy (non-hydrogen) atoms. The maximum Gasteiger partial charge on any atom is 0.339 e. The molecule has 1 heterocycles. The van der Waals surface area contributed by atoms with Crippen LogP contribution in [0.15, 0.2) is 6.20 Å². The lowest BCUT2D eigenvalue weighted by Gasteiger charge is -2.27. The zero-order chi connectivity index (χ0) is 13.3. The Bertz CT molecular complexity index is 477. The first kappa shape index (κ1) is 12.9. The molecule has 1 aromatic rings. The predicted molar refractivity (Wildman–Crippen MR) is 59.9 cm³/mol. The van der Waals surface area contributed by atoms with E-state index in [9.17, 15) is 13.6 Å². The summed E-state index contributed by atoms with van der Waals surface area (Å²) < 4.78 is 26.6. The highest BCUT2D eigenvalue weighted by molar-refractivity contribution is 5.88. The minimum atomic E-state index is -2.66. The molecule has 0 aliphatic heterocycles. The highest BCUT2D eigenvalue weighted by atomic mass is 19.3. The number of aromatic carboxylic acids is 1. The molecule has 98 valence electrons. The third kappa shape index (κ3) is 2.63. The highest BCUT2D eigenvalue weighted by Crippen LogP contribution is 2.40. The van der Waals surface area contributed by atoms with Gasteiger partial charge in [-0.3, -0.25) is 0 Å². The molecule has 0 saturated heterocycles. The minimum Gasteiger partial charge on any atom is -0.478 e. The first-order chi connectivity index (χ1) is 8.39. The van der Waals surface area contributed by atoms with E-state index in [-0.39, 0.29) is 24.3 Å². The van der Waals surface area contributed by atoms with Crippen LogP contribution in [0, 0.1) is 6.92 Å².